The third-order valence-corrected chi connectivity index (χ3v) is 7.86. The second kappa shape index (κ2) is 13.2. The van der Waals surface area contributed by atoms with Crippen LogP contribution in [0, 0.1) is 13.8 Å². The molecule has 236 valence electrons. The van der Waals surface area contributed by atoms with Crippen molar-refractivity contribution in [1.29, 1.82) is 0 Å². The molecule has 3 aromatic rings. The van der Waals surface area contributed by atoms with Crippen LogP contribution in [0.4, 0.5) is 37.7 Å². The highest BCUT2D eigenvalue weighted by Crippen LogP contribution is 2.40. The van der Waals surface area contributed by atoms with Crippen molar-refractivity contribution in [3.8, 4) is 0 Å². The Morgan fingerprint density at radius 3 is 2.05 bits per heavy atom. The van der Waals surface area contributed by atoms with Gasteiger partial charge in [-0.25, -0.2) is 9.98 Å². The van der Waals surface area contributed by atoms with Crippen molar-refractivity contribution >= 4 is 34.6 Å². The molecule has 4 nitrogen and oxygen atoms in total. The summed E-state index contributed by atoms with van der Waals surface area (Å²) in [6, 6.07) is 11.6. The van der Waals surface area contributed by atoms with E-state index in [4.69, 9.17) is 16.6 Å². The zero-order valence-corrected chi connectivity index (χ0v) is 26.1. The molecule has 11 heteroatoms. The smallest absolute Gasteiger partial charge is 0.342 e. The molecule has 1 aliphatic rings. The van der Waals surface area contributed by atoms with Crippen LogP contribution in [-0.2, 0) is 25.2 Å². The molecule has 0 aromatic heterocycles. The Bertz CT molecular complexity index is 1550. The van der Waals surface area contributed by atoms with Crippen LogP contribution in [0.15, 0.2) is 58.5 Å². The molecule has 0 amide bonds. The minimum Gasteiger partial charge on any atom is -0.342 e. The van der Waals surface area contributed by atoms with E-state index in [0.717, 1.165) is 47.9 Å². The van der Waals surface area contributed by atoms with E-state index in [1.807, 2.05) is 30.0 Å². The average molecular weight is 637 g/mol. The monoisotopic (exact) mass is 636 g/mol. The van der Waals surface area contributed by atoms with Crippen molar-refractivity contribution in [2.24, 2.45) is 9.98 Å². The van der Waals surface area contributed by atoms with Gasteiger partial charge in [-0.2, -0.15) is 26.3 Å². The molecule has 3 aromatic carbocycles. The number of nitrogens with zero attached hydrogens (tertiary/aromatic N) is 4. The standard InChI is InChI=1S/C33H35ClF6N4/c1-6-23-10-8-11-24(7-2)30(23)41-22(5)43-12-9-13-44(19-43)31(25-16-26(32(35,36)37)18-27(34)17-25)42-29-21(4)14-20(3)15-28(29)33(38,39)40/h8,10-11,14-18H,6-7,9,12-13,19H2,1-5H3. The first-order valence-corrected chi connectivity index (χ1v) is 14.8. The first-order valence-electron chi connectivity index (χ1n) is 14.4. The molecule has 0 saturated carbocycles. The topological polar surface area (TPSA) is 31.2 Å². The normalized spacial score (nSPS) is 15.3. The van der Waals surface area contributed by atoms with Crippen LogP contribution in [-0.4, -0.2) is 41.2 Å². The van der Waals surface area contributed by atoms with Gasteiger partial charge >= 0.3 is 12.4 Å². The zero-order chi connectivity index (χ0) is 32.4. The molecule has 1 aliphatic heterocycles. The van der Waals surface area contributed by atoms with Crippen molar-refractivity contribution < 1.29 is 26.3 Å². The van der Waals surface area contributed by atoms with Crippen molar-refractivity contribution in [2.75, 3.05) is 19.8 Å². The Morgan fingerprint density at radius 1 is 0.818 bits per heavy atom. The van der Waals surface area contributed by atoms with E-state index in [1.54, 1.807) is 17.9 Å². The van der Waals surface area contributed by atoms with Crippen molar-refractivity contribution in [3.63, 3.8) is 0 Å². The third kappa shape index (κ3) is 7.57. The lowest BCUT2D eigenvalue weighted by atomic mass is 10.0. The number of alkyl halides is 6. The van der Waals surface area contributed by atoms with Gasteiger partial charge in [0.2, 0.25) is 0 Å². The molecular weight excluding hydrogens is 602 g/mol. The Labute approximate surface area is 259 Å². The number of aryl methyl sites for hydroxylation is 4. The first kappa shape index (κ1) is 33.4. The Morgan fingerprint density at radius 2 is 1.45 bits per heavy atom. The summed E-state index contributed by atoms with van der Waals surface area (Å²) in [6.45, 7) is 10.1. The molecule has 0 N–H and O–H groups in total. The Hall–Kier alpha value is -3.53. The summed E-state index contributed by atoms with van der Waals surface area (Å²) in [4.78, 5) is 13.1. The van der Waals surface area contributed by atoms with Gasteiger partial charge in [0.05, 0.1) is 29.2 Å². The number of aliphatic imine (C=N–C) groups is 2. The van der Waals surface area contributed by atoms with Gasteiger partial charge in [0, 0.05) is 23.7 Å². The highest BCUT2D eigenvalue weighted by Gasteiger charge is 2.36. The van der Waals surface area contributed by atoms with Gasteiger partial charge in [-0.3, -0.25) is 0 Å². The van der Waals surface area contributed by atoms with E-state index in [1.165, 1.54) is 13.0 Å². The second-order valence-corrected chi connectivity index (χ2v) is 11.4. The van der Waals surface area contributed by atoms with E-state index in [9.17, 15) is 26.3 Å². The molecule has 0 radical (unpaired) electrons. The number of para-hydroxylation sites is 1. The lowest BCUT2D eigenvalue weighted by Gasteiger charge is -2.39. The van der Waals surface area contributed by atoms with Crippen LogP contribution < -0.4 is 0 Å². The molecule has 1 fully saturated rings. The van der Waals surface area contributed by atoms with Crippen molar-refractivity contribution in [2.45, 2.75) is 66.2 Å². The summed E-state index contributed by atoms with van der Waals surface area (Å²) in [6.07, 6.45) is -7.30. The Balaban J connectivity index is 1.87. The van der Waals surface area contributed by atoms with E-state index in [-0.39, 0.29) is 34.3 Å². The quantitative estimate of drug-likeness (QED) is 0.159. The average Bonchev–Trinajstić information content (AvgIpc) is 2.95. The molecule has 44 heavy (non-hydrogen) atoms. The zero-order valence-electron chi connectivity index (χ0n) is 25.3. The molecule has 0 atom stereocenters. The predicted octanol–water partition coefficient (Wildman–Crippen LogP) is 9.91. The second-order valence-electron chi connectivity index (χ2n) is 11.0. The van der Waals surface area contributed by atoms with Gasteiger partial charge in [-0.1, -0.05) is 55.3 Å². The molecule has 1 saturated heterocycles. The number of amidine groups is 2. The fourth-order valence-electron chi connectivity index (χ4n) is 5.46. The Kier molecular flexibility index (Phi) is 10.0. The molecule has 0 bridgehead atoms. The number of benzene rings is 3. The summed E-state index contributed by atoms with van der Waals surface area (Å²) >= 11 is 6.14. The number of hydrogen-bond donors (Lipinski definition) is 0. The highest BCUT2D eigenvalue weighted by atomic mass is 35.5. The lowest BCUT2D eigenvalue weighted by Crippen LogP contribution is -2.49. The summed E-state index contributed by atoms with van der Waals surface area (Å²) in [7, 11) is 0. The summed E-state index contributed by atoms with van der Waals surface area (Å²) < 4.78 is 84.1. The third-order valence-electron chi connectivity index (χ3n) is 7.64. The predicted molar refractivity (Wildman–Crippen MR) is 164 cm³/mol. The van der Waals surface area contributed by atoms with E-state index in [0.29, 0.717) is 30.9 Å². The van der Waals surface area contributed by atoms with Crippen molar-refractivity contribution in [1.82, 2.24) is 9.80 Å². The maximum absolute atomic E-state index is 14.2. The van der Waals surface area contributed by atoms with E-state index in [2.05, 4.69) is 18.8 Å². The lowest BCUT2D eigenvalue weighted by molar-refractivity contribution is -0.138. The van der Waals surface area contributed by atoms with Gasteiger partial charge in [0.1, 0.15) is 11.7 Å². The fraction of sp³-hybridized carbons (Fsp3) is 0.394. The first-order chi connectivity index (χ1) is 20.6. The van der Waals surface area contributed by atoms with Gasteiger partial charge in [0.15, 0.2) is 0 Å². The molecular formula is C33H35ClF6N4. The minimum absolute atomic E-state index is 0.0287. The molecule has 4 rings (SSSR count). The summed E-state index contributed by atoms with van der Waals surface area (Å²) in [5.74, 6) is 0.658. The van der Waals surface area contributed by atoms with Gasteiger partial charge in [-0.05, 0) is 81.0 Å². The van der Waals surface area contributed by atoms with Crippen molar-refractivity contribution in [3.05, 3.63) is 92.5 Å². The van der Waals surface area contributed by atoms with E-state index >= 15 is 0 Å². The van der Waals surface area contributed by atoms with Gasteiger partial charge < -0.3 is 9.80 Å². The minimum atomic E-state index is -4.73. The molecule has 0 aliphatic carbocycles. The number of hydrogen-bond acceptors (Lipinski definition) is 2. The fourth-order valence-corrected chi connectivity index (χ4v) is 5.69. The van der Waals surface area contributed by atoms with Crippen LogP contribution in [0.1, 0.15) is 66.1 Å². The maximum atomic E-state index is 14.2. The number of rotatable bonds is 5. The van der Waals surface area contributed by atoms with Gasteiger partial charge in [-0.15, -0.1) is 0 Å². The van der Waals surface area contributed by atoms with Gasteiger partial charge in [0.25, 0.3) is 0 Å². The highest BCUT2D eigenvalue weighted by molar-refractivity contribution is 6.31. The molecule has 0 unspecified atom stereocenters. The SMILES string of the molecule is CCc1cccc(CC)c1N=C(C)N1CCCN(C(=Nc2c(C)cc(C)cc2C(F)(F)F)c2cc(Cl)cc(C(F)(F)F)c2)C1. The van der Waals surface area contributed by atoms with Crippen LogP contribution in [0.3, 0.4) is 0 Å². The summed E-state index contributed by atoms with van der Waals surface area (Å²) in [5, 5.41) is -0.200. The van der Waals surface area contributed by atoms with Crippen LogP contribution >= 0.6 is 11.6 Å². The van der Waals surface area contributed by atoms with Crippen LogP contribution in [0.5, 0.6) is 0 Å². The summed E-state index contributed by atoms with van der Waals surface area (Å²) in [5.41, 5.74) is 1.36. The molecule has 1 heterocycles. The van der Waals surface area contributed by atoms with E-state index < -0.39 is 23.5 Å². The molecule has 0 spiro atoms. The van der Waals surface area contributed by atoms with Crippen LogP contribution in [0.25, 0.3) is 0 Å². The number of halogens is 7. The largest absolute Gasteiger partial charge is 0.418 e. The maximum Gasteiger partial charge on any atom is 0.418 e. The van der Waals surface area contributed by atoms with Crippen LogP contribution in [0.2, 0.25) is 5.02 Å².